The minimum atomic E-state index is 0.590. The Morgan fingerprint density at radius 2 is 1.17 bits per heavy atom. The highest BCUT2D eigenvalue weighted by molar-refractivity contribution is 7.25. The fourth-order valence-corrected chi connectivity index (χ4v) is 8.32. The van der Waals surface area contributed by atoms with E-state index in [4.69, 9.17) is 18.8 Å². The molecule has 6 aromatic carbocycles. The molecule has 0 aliphatic heterocycles. The zero-order valence-electron chi connectivity index (χ0n) is 24.2. The zero-order valence-corrected chi connectivity index (χ0v) is 25.0. The van der Waals surface area contributed by atoms with Crippen molar-refractivity contribution < 1.29 is 8.83 Å². The molecule has 0 spiro atoms. The van der Waals surface area contributed by atoms with Crippen molar-refractivity contribution in [2.45, 2.75) is 0 Å². The highest BCUT2D eigenvalue weighted by atomic mass is 32.1. The molecule has 0 aliphatic carbocycles. The number of hydrogen-bond donors (Lipinski definition) is 0. The Morgan fingerprint density at radius 1 is 0.478 bits per heavy atom. The predicted octanol–water partition coefficient (Wildman–Crippen LogP) is 11.4. The largest absolute Gasteiger partial charge is 0.455 e. The lowest BCUT2D eigenvalue weighted by Gasteiger charge is -2.10. The van der Waals surface area contributed by atoms with Crippen molar-refractivity contribution in [3.05, 3.63) is 127 Å². The zero-order chi connectivity index (χ0) is 29.9. The first kappa shape index (κ1) is 24.4. The van der Waals surface area contributed by atoms with Crippen LogP contribution in [0.5, 0.6) is 0 Å². The van der Waals surface area contributed by atoms with Crippen molar-refractivity contribution in [3.63, 3.8) is 0 Å². The summed E-state index contributed by atoms with van der Waals surface area (Å²) in [4.78, 5) is 10.6. The Bertz CT molecular complexity index is 3050. The van der Waals surface area contributed by atoms with Crippen LogP contribution in [0.2, 0.25) is 0 Å². The fraction of sp³-hybridized carbons (Fsp3) is 0. The number of thiophene rings is 1. The molecule has 5 nitrogen and oxygen atoms in total. The number of benzene rings is 6. The first-order chi connectivity index (χ1) is 22.8. The minimum Gasteiger partial charge on any atom is -0.455 e. The van der Waals surface area contributed by atoms with Crippen LogP contribution in [0.25, 0.3) is 103 Å². The van der Waals surface area contributed by atoms with Crippen LogP contribution < -0.4 is 0 Å². The molecule has 5 aromatic heterocycles. The van der Waals surface area contributed by atoms with E-state index in [1.54, 1.807) is 0 Å². The number of rotatable bonds is 2. The van der Waals surface area contributed by atoms with E-state index in [9.17, 15) is 0 Å². The lowest BCUT2D eigenvalue weighted by Crippen LogP contribution is -2.03. The topological polar surface area (TPSA) is 57.0 Å². The van der Waals surface area contributed by atoms with E-state index in [1.807, 2.05) is 47.7 Å². The van der Waals surface area contributed by atoms with E-state index in [1.165, 1.54) is 30.9 Å². The van der Waals surface area contributed by atoms with Crippen LogP contribution in [-0.2, 0) is 0 Å². The van der Waals surface area contributed by atoms with Crippen LogP contribution in [0.3, 0.4) is 0 Å². The van der Waals surface area contributed by atoms with Gasteiger partial charge in [0.2, 0.25) is 5.95 Å². The summed E-state index contributed by atoms with van der Waals surface area (Å²) in [6.07, 6.45) is 0. The molecule has 5 heterocycles. The maximum absolute atomic E-state index is 6.53. The first-order valence-electron chi connectivity index (χ1n) is 15.2. The molecule has 0 fully saturated rings. The number of nitrogens with zero attached hydrogens (tertiary/aromatic N) is 3. The highest BCUT2D eigenvalue weighted by Gasteiger charge is 2.24. The molecule has 0 atom stereocenters. The summed E-state index contributed by atoms with van der Waals surface area (Å²) in [6, 6.07) is 44.2. The van der Waals surface area contributed by atoms with Crippen molar-refractivity contribution in [1.82, 2.24) is 14.5 Å². The molecule has 214 valence electrons. The van der Waals surface area contributed by atoms with Crippen LogP contribution in [0, 0.1) is 0 Å². The lowest BCUT2D eigenvalue weighted by molar-refractivity contribution is 0.662. The monoisotopic (exact) mass is 607 g/mol. The number of aromatic nitrogens is 3. The Labute approximate surface area is 264 Å². The number of hydrogen-bond acceptors (Lipinski definition) is 5. The Balaban J connectivity index is 1.30. The van der Waals surface area contributed by atoms with Gasteiger partial charge in [0.05, 0.1) is 11.0 Å². The van der Waals surface area contributed by atoms with Gasteiger partial charge in [-0.2, -0.15) is 0 Å². The van der Waals surface area contributed by atoms with Gasteiger partial charge in [0.15, 0.2) is 5.58 Å². The molecule has 0 saturated carbocycles. The summed E-state index contributed by atoms with van der Waals surface area (Å²) < 4.78 is 17.8. The average Bonchev–Trinajstić information content (AvgIpc) is 3.85. The second-order valence-electron chi connectivity index (χ2n) is 11.7. The molecule has 0 aliphatic rings. The third-order valence-corrected chi connectivity index (χ3v) is 10.4. The molecule has 0 unspecified atom stereocenters. The van der Waals surface area contributed by atoms with E-state index in [0.29, 0.717) is 17.2 Å². The summed E-state index contributed by atoms with van der Waals surface area (Å²) in [5, 5.41) is 7.90. The van der Waals surface area contributed by atoms with Crippen LogP contribution in [0.15, 0.2) is 136 Å². The van der Waals surface area contributed by atoms with Crippen molar-refractivity contribution >= 4 is 97.3 Å². The molecule has 6 heteroatoms. The van der Waals surface area contributed by atoms with Crippen molar-refractivity contribution in [2.75, 3.05) is 0 Å². The highest BCUT2D eigenvalue weighted by Crippen LogP contribution is 2.43. The summed E-state index contributed by atoms with van der Waals surface area (Å²) in [5.74, 6) is 0.590. The van der Waals surface area contributed by atoms with Crippen molar-refractivity contribution in [1.29, 1.82) is 0 Å². The molecule has 0 bridgehead atoms. The van der Waals surface area contributed by atoms with E-state index in [0.717, 1.165) is 55.0 Å². The quantitative estimate of drug-likeness (QED) is 0.196. The second kappa shape index (κ2) is 8.81. The van der Waals surface area contributed by atoms with E-state index in [2.05, 4.69) is 95.6 Å². The molecule has 0 amide bonds. The van der Waals surface area contributed by atoms with Gasteiger partial charge in [-0.25, -0.2) is 9.97 Å². The van der Waals surface area contributed by atoms with Crippen LogP contribution >= 0.6 is 11.3 Å². The van der Waals surface area contributed by atoms with Crippen LogP contribution in [-0.4, -0.2) is 14.5 Å². The summed E-state index contributed by atoms with van der Waals surface area (Å²) in [7, 11) is 0. The Kier molecular flexibility index (Phi) is 4.66. The fourth-order valence-electron chi connectivity index (χ4n) is 7.20. The minimum absolute atomic E-state index is 0.590. The molecule has 0 N–H and O–H groups in total. The van der Waals surface area contributed by atoms with Gasteiger partial charge < -0.3 is 8.83 Å². The molecule has 11 rings (SSSR count). The normalized spacial score (nSPS) is 12.3. The third kappa shape index (κ3) is 3.18. The van der Waals surface area contributed by atoms with E-state index >= 15 is 0 Å². The molecule has 0 radical (unpaired) electrons. The molecule has 46 heavy (non-hydrogen) atoms. The van der Waals surface area contributed by atoms with Gasteiger partial charge in [-0.15, -0.1) is 11.3 Å². The van der Waals surface area contributed by atoms with Gasteiger partial charge in [0.1, 0.15) is 28.0 Å². The van der Waals surface area contributed by atoms with Gasteiger partial charge >= 0.3 is 0 Å². The van der Waals surface area contributed by atoms with Gasteiger partial charge in [0.25, 0.3) is 0 Å². The smallest absolute Gasteiger partial charge is 0.236 e. The standard InChI is InChI=1S/C40H21N3O2S/c1-5-16-30-22(10-1)28-21-35-29(24-12-4-8-19-34(24)46-35)20-31(28)43(30)40-41-36-26-13-3-7-18-33(26)45-39(36)37(42-40)27-15-9-14-25-23-11-2-6-17-32(23)44-38(25)27/h1-21H. The predicted molar refractivity (Wildman–Crippen MR) is 189 cm³/mol. The second-order valence-corrected chi connectivity index (χ2v) is 12.8. The lowest BCUT2D eigenvalue weighted by atomic mass is 10.1. The van der Waals surface area contributed by atoms with Crippen molar-refractivity contribution in [2.24, 2.45) is 0 Å². The van der Waals surface area contributed by atoms with Crippen LogP contribution in [0.1, 0.15) is 0 Å². The van der Waals surface area contributed by atoms with Crippen LogP contribution in [0.4, 0.5) is 0 Å². The van der Waals surface area contributed by atoms with Gasteiger partial charge in [-0.3, -0.25) is 4.57 Å². The summed E-state index contributed by atoms with van der Waals surface area (Å²) in [5.41, 5.74) is 7.51. The number of para-hydroxylation sites is 4. The molecular formula is C40H21N3O2S. The van der Waals surface area contributed by atoms with E-state index in [-0.39, 0.29) is 0 Å². The summed E-state index contributed by atoms with van der Waals surface area (Å²) in [6.45, 7) is 0. The van der Waals surface area contributed by atoms with Crippen molar-refractivity contribution in [3.8, 4) is 17.2 Å². The molecular weight excluding hydrogens is 587 g/mol. The number of fused-ring (bicyclic) bond motifs is 12. The maximum Gasteiger partial charge on any atom is 0.236 e. The first-order valence-corrected chi connectivity index (χ1v) is 16.1. The third-order valence-electron chi connectivity index (χ3n) is 9.24. The summed E-state index contributed by atoms with van der Waals surface area (Å²) >= 11 is 1.83. The van der Waals surface area contributed by atoms with Gasteiger partial charge in [0, 0.05) is 52.7 Å². The molecule has 11 aromatic rings. The van der Waals surface area contributed by atoms with Gasteiger partial charge in [-0.05, 0) is 48.5 Å². The maximum atomic E-state index is 6.53. The average molecular weight is 608 g/mol. The Morgan fingerprint density at radius 3 is 2.07 bits per heavy atom. The van der Waals surface area contributed by atoms with Gasteiger partial charge in [-0.1, -0.05) is 78.9 Å². The number of furan rings is 2. The van der Waals surface area contributed by atoms with E-state index < -0.39 is 0 Å². The SMILES string of the molecule is c1ccc2c(c1)oc1c(-c3nc(-n4c5ccccc5c5cc6sc7ccccc7c6cc54)nc4c3oc3ccccc34)cccc12. The Hall–Kier alpha value is -5.98. The molecule has 0 saturated heterocycles.